The van der Waals surface area contributed by atoms with E-state index in [1.807, 2.05) is 13.8 Å². The van der Waals surface area contributed by atoms with Crippen molar-refractivity contribution in [2.24, 2.45) is 0 Å². The molecule has 2 heterocycles. The van der Waals surface area contributed by atoms with Crippen LogP contribution in [-0.4, -0.2) is 22.4 Å². The Morgan fingerprint density at radius 1 is 1.50 bits per heavy atom. The predicted octanol–water partition coefficient (Wildman–Crippen LogP) is 2.41. The highest BCUT2D eigenvalue weighted by molar-refractivity contribution is 7.11. The largest absolute Gasteiger partial charge is 0.480 e. The molecule has 0 bridgehead atoms. The molecule has 0 fully saturated rings. The van der Waals surface area contributed by atoms with Crippen molar-refractivity contribution in [1.82, 2.24) is 9.36 Å². The Labute approximate surface area is 113 Å². The highest BCUT2D eigenvalue weighted by Gasteiger charge is 2.12. The first-order chi connectivity index (χ1) is 8.58. The zero-order valence-corrected chi connectivity index (χ0v) is 11.9. The number of thiazole rings is 1. The molecule has 0 aliphatic carbocycles. The van der Waals surface area contributed by atoms with Gasteiger partial charge in [0.1, 0.15) is 5.00 Å². The minimum atomic E-state index is -0.0882. The van der Waals surface area contributed by atoms with Crippen LogP contribution in [0, 0.1) is 13.8 Å². The van der Waals surface area contributed by atoms with Gasteiger partial charge in [-0.3, -0.25) is 4.79 Å². The summed E-state index contributed by atoms with van der Waals surface area (Å²) in [6, 6.07) is 1.70. The van der Waals surface area contributed by atoms with Crippen molar-refractivity contribution < 1.29 is 9.53 Å². The fourth-order valence-corrected chi connectivity index (χ4v) is 2.95. The second-order valence-electron chi connectivity index (χ2n) is 3.69. The molecule has 0 aliphatic heterocycles. The minimum absolute atomic E-state index is 0.0882. The van der Waals surface area contributed by atoms with Crippen LogP contribution < -0.4 is 10.1 Å². The number of nitrogens with one attached hydrogen (secondary N) is 1. The van der Waals surface area contributed by atoms with Crippen molar-refractivity contribution in [3.8, 4) is 5.88 Å². The molecule has 0 saturated heterocycles. The van der Waals surface area contributed by atoms with Crippen LogP contribution in [0.5, 0.6) is 5.88 Å². The Balaban J connectivity index is 1.98. The van der Waals surface area contributed by atoms with Gasteiger partial charge in [-0.1, -0.05) is 0 Å². The maximum atomic E-state index is 11.8. The van der Waals surface area contributed by atoms with Crippen LogP contribution in [-0.2, 0) is 11.2 Å². The van der Waals surface area contributed by atoms with Crippen molar-refractivity contribution in [3.05, 3.63) is 21.6 Å². The van der Waals surface area contributed by atoms with Gasteiger partial charge in [0.15, 0.2) is 0 Å². The number of anilines is 1. The number of nitrogens with zero attached hydrogens (tertiary/aromatic N) is 2. The molecule has 0 unspecified atom stereocenters. The SMILES string of the molecule is COc1cc(NC(=O)Cc2nc(C)sc2C)sn1. The van der Waals surface area contributed by atoms with Crippen LogP contribution in [0.3, 0.4) is 0 Å². The van der Waals surface area contributed by atoms with E-state index in [9.17, 15) is 4.79 Å². The van der Waals surface area contributed by atoms with Crippen LogP contribution in [0.15, 0.2) is 6.07 Å². The summed E-state index contributed by atoms with van der Waals surface area (Å²) in [6.07, 6.45) is 0.288. The summed E-state index contributed by atoms with van der Waals surface area (Å²) >= 11 is 2.80. The molecule has 0 aromatic carbocycles. The Morgan fingerprint density at radius 3 is 2.83 bits per heavy atom. The van der Waals surface area contributed by atoms with Gasteiger partial charge < -0.3 is 10.1 Å². The lowest BCUT2D eigenvalue weighted by Gasteiger charge is -2.00. The fourth-order valence-electron chi connectivity index (χ4n) is 1.48. The number of carbonyl (C=O) groups excluding carboxylic acids is 1. The van der Waals surface area contributed by atoms with Gasteiger partial charge in [-0.05, 0) is 25.4 Å². The third-order valence-electron chi connectivity index (χ3n) is 2.29. The van der Waals surface area contributed by atoms with E-state index >= 15 is 0 Å². The van der Waals surface area contributed by atoms with E-state index in [0.717, 1.165) is 15.6 Å². The van der Waals surface area contributed by atoms with E-state index < -0.39 is 0 Å². The molecule has 0 aliphatic rings. The lowest BCUT2D eigenvalue weighted by Crippen LogP contribution is -2.14. The maximum absolute atomic E-state index is 11.8. The highest BCUT2D eigenvalue weighted by Crippen LogP contribution is 2.22. The van der Waals surface area contributed by atoms with Crippen LogP contribution >= 0.6 is 22.9 Å². The first kappa shape index (κ1) is 13.0. The van der Waals surface area contributed by atoms with Gasteiger partial charge in [0.2, 0.25) is 11.8 Å². The molecule has 0 spiro atoms. The number of hydrogen-bond donors (Lipinski definition) is 1. The first-order valence-corrected chi connectivity index (χ1v) is 6.91. The molecule has 96 valence electrons. The molecule has 1 amide bonds. The zero-order chi connectivity index (χ0) is 13.1. The monoisotopic (exact) mass is 283 g/mol. The van der Waals surface area contributed by atoms with Gasteiger partial charge in [-0.25, -0.2) is 4.98 Å². The summed E-state index contributed by atoms with van der Waals surface area (Å²) < 4.78 is 8.96. The Bertz CT molecular complexity index is 562. The molecule has 2 aromatic rings. The number of amides is 1. The van der Waals surface area contributed by atoms with Crippen LogP contribution in [0.25, 0.3) is 0 Å². The molecule has 1 N–H and O–H groups in total. The number of aryl methyl sites for hydroxylation is 2. The standard InChI is InChI=1S/C11H13N3O2S2/c1-6-8(12-7(2)17-6)4-9(15)13-11-5-10(16-3)14-18-11/h5H,4H2,1-3H3,(H,13,15). The Morgan fingerprint density at radius 2 is 2.28 bits per heavy atom. The van der Waals surface area contributed by atoms with Crippen LogP contribution in [0.4, 0.5) is 5.00 Å². The Hall–Kier alpha value is -1.47. The molecular weight excluding hydrogens is 270 g/mol. The van der Waals surface area contributed by atoms with E-state index in [0.29, 0.717) is 10.9 Å². The molecule has 18 heavy (non-hydrogen) atoms. The molecule has 2 rings (SSSR count). The van der Waals surface area contributed by atoms with Crippen molar-refractivity contribution in [2.75, 3.05) is 12.4 Å². The number of hydrogen-bond acceptors (Lipinski definition) is 6. The maximum Gasteiger partial charge on any atom is 0.231 e. The normalized spacial score (nSPS) is 10.4. The first-order valence-electron chi connectivity index (χ1n) is 5.32. The van der Waals surface area contributed by atoms with E-state index in [2.05, 4.69) is 14.7 Å². The summed E-state index contributed by atoms with van der Waals surface area (Å²) in [4.78, 5) is 17.3. The van der Waals surface area contributed by atoms with Crippen LogP contribution in [0.1, 0.15) is 15.6 Å². The minimum Gasteiger partial charge on any atom is -0.480 e. The van der Waals surface area contributed by atoms with Gasteiger partial charge in [0.05, 0.1) is 24.2 Å². The highest BCUT2D eigenvalue weighted by atomic mass is 32.1. The van der Waals surface area contributed by atoms with E-state index in [1.54, 1.807) is 24.5 Å². The second kappa shape index (κ2) is 5.45. The molecule has 2 aromatic heterocycles. The zero-order valence-electron chi connectivity index (χ0n) is 10.3. The summed E-state index contributed by atoms with van der Waals surface area (Å²) in [5, 5.41) is 4.45. The molecule has 5 nitrogen and oxygen atoms in total. The summed E-state index contributed by atoms with van der Waals surface area (Å²) in [5.41, 5.74) is 0.839. The summed E-state index contributed by atoms with van der Waals surface area (Å²) in [5.74, 6) is 0.422. The predicted molar refractivity (Wildman–Crippen MR) is 72.6 cm³/mol. The number of ether oxygens (including phenoxy) is 1. The lowest BCUT2D eigenvalue weighted by molar-refractivity contribution is -0.115. The molecule has 0 saturated carbocycles. The van der Waals surface area contributed by atoms with Crippen molar-refractivity contribution in [1.29, 1.82) is 0 Å². The molecule has 7 heteroatoms. The number of aromatic nitrogens is 2. The van der Waals surface area contributed by atoms with E-state index in [-0.39, 0.29) is 12.3 Å². The third-order valence-corrected chi connectivity index (χ3v) is 3.90. The average molecular weight is 283 g/mol. The van der Waals surface area contributed by atoms with Gasteiger partial charge in [-0.15, -0.1) is 11.3 Å². The third kappa shape index (κ3) is 3.05. The van der Waals surface area contributed by atoms with Crippen molar-refractivity contribution in [2.45, 2.75) is 20.3 Å². The van der Waals surface area contributed by atoms with Gasteiger partial charge >= 0.3 is 0 Å². The van der Waals surface area contributed by atoms with Gasteiger partial charge in [0.25, 0.3) is 0 Å². The fraction of sp³-hybridized carbons (Fsp3) is 0.364. The van der Waals surface area contributed by atoms with E-state index in [4.69, 9.17) is 4.74 Å². The average Bonchev–Trinajstić information content (AvgIpc) is 2.86. The summed E-state index contributed by atoms with van der Waals surface area (Å²) in [6.45, 7) is 3.91. The van der Waals surface area contributed by atoms with Crippen LogP contribution in [0.2, 0.25) is 0 Å². The number of methoxy groups -OCH3 is 1. The van der Waals surface area contributed by atoms with Crippen molar-refractivity contribution in [3.63, 3.8) is 0 Å². The molecule has 0 radical (unpaired) electrons. The second-order valence-corrected chi connectivity index (χ2v) is 5.91. The van der Waals surface area contributed by atoms with Gasteiger partial charge in [-0.2, -0.15) is 4.37 Å². The Kier molecular flexibility index (Phi) is 3.93. The quantitative estimate of drug-likeness (QED) is 0.936. The lowest BCUT2D eigenvalue weighted by atomic mass is 10.2. The topological polar surface area (TPSA) is 64.1 Å². The van der Waals surface area contributed by atoms with Crippen molar-refractivity contribution >= 4 is 33.8 Å². The molecular formula is C11H13N3O2S2. The molecule has 0 atom stereocenters. The van der Waals surface area contributed by atoms with Gasteiger partial charge in [0, 0.05) is 10.9 Å². The van der Waals surface area contributed by atoms with E-state index in [1.165, 1.54) is 11.5 Å². The number of carbonyl (C=O) groups is 1. The number of rotatable bonds is 4. The smallest absolute Gasteiger partial charge is 0.231 e. The summed E-state index contributed by atoms with van der Waals surface area (Å²) in [7, 11) is 1.54.